The minimum absolute atomic E-state index is 0.0476. The summed E-state index contributed by atoms with van der Waals surface area (Å²) in [5.74, 6) is -1.62. The average Bonchev–Trinajstić information content (AvgIpc) is 2.89. The van der Waals surface area contributed by atoms with Crippen LogP contribution in [0.1, 0.15) is 18.9 Å². The Morgan fingerprint density at radius 3 is 2.57 bits per heavy atom. The minimum Gasteiger partial charge on any atom is -0.480 e. The molecule has 1 atom stereocenters. The number of aryl methyl sites for hydroxylation is 1. The fourth-order valence-electron chi connectivity index (χ4n) is 2.27. The molecule has 3 N–H and O–H groups in total. The van der Waals surface area contributed by atoms with Gasteiger partial charge in [0.15, 0.2) is 5.54 Å². The number of hydrogen-bond donors (Lipinski definition) is 3. The second-order valence-electron chi connectivity index (χ2n) is 5.45. The third-order valence-electron chi connectivity index (χ3n) is 3.59. The number of benzene rings is 1. The van der Waals surface area contributed by atoms with Crippen molar-refractivity contribution in [2.45, 2.75) is 30.7 Å². The van der Waals surface area contributed by atoms with Crippen LogP contribution in [0.25, 0.3) is 0 Å². The van der Waals surface area contributed by atoms with Gasteiger partial charge >= 0.3 is 5.97 Å². The topological polar surface area (TPSA) is 122 Å². The highest BCUT2D eigenvalue weighted by Gasteiger charge is 2.46. The summed E-state index contributed by atoms with van der Waals surface area (Å²) < 4.78 is 32.3. The Bertz CT molecular complexity index is 738. The lowest BCUT2D eigenvalue weighted by atomic mass is 10.0. The number of carbonyl (C=O) groups excluding carboxylic acids is 1. The molecule has 0 radical (unpaired) electrons. The molecule has 0 bridgehead atoms. The highest BCUT2D eigenvalue weighted by molar-refractivity contribution is 7.89. The monoisotopic (exact) mass is 342 g/mol. The highest BCUT2D eigenvalue weighted by atomic mass is 32.2. The summed E-state index contributed by atoms with van der Waals surface area (Å²) >= 11 is 0. The highest BCUT2D eigenvalue weighted by Crippen LogP contribution is 2.25. The molecule has 2 rings (SSSR count). The van der Waals surface area contributed by atoms with Crippen LogP contribution >= 0.6 is 0 Å². The molecule has 23 heavy (non-hydrogen) atoms. The molecule has 1 aromatic carbocycles. The zero-order chi connectivity index (χ0) is 17.3. The van der Waals surface area contributed by atoms with E-state index in [1.54, 1.807) is 13.0 Å². The summed E-state index contributed by atoms with van der Waals surface area (Å²) in [4.78, 5) is 22.5. The molecule has 1 aromatic rings. The van der Waals surface area contributed by atoms with E-state index in [0.29, 0.717) is 11.3 Å². The first-order chi connectivity index (χ1) is 10.7. The van der Waals surface area contributed by atoms with Crippen LogP contribution in [-0.4, -0.2) is 44.2 Å². The van der Waals surface area contributed by atoms with Crippen molar-refractivity contribution in [2.75, 3.05) is 18.5 Å². The van der Waals surface area contributed by atoms with Gasteiger partial charge < -0.3 is 15.2 Å². The predicted molar refractivity (Wildman–Crippen MR) is 81.6 cm³/mol. The van der Waals surface area contributed by atoms with E-state index in [9.17, 15) is 23.1 Å². The van der Waals surface area contributed by atoms with Gasteiger partial charge in [-0.3, -0.25) is 9.59 Å². The maximum Gasteiger partial charge on any atom is 0.327 e. The minimum atomic E-state index is -4.08. The normalized spacial score (nSPS) is 21.1. The first-order valence-electron chi connectivity index (χ1n) is 6.90. The van der Waals surface area contributed by atoms with Gasteiger partial charge in [0.2, 0.25) is 15.9 Å². The molecule has 1 aliphatic heterocycles. The second kappa shape index (κ2) is 6.26. The van der Waals surface area contributed by atoms with Crippen LogP contribution in [0.15, 0.2) is 23.1 Å². The molecule has 1 saturated heterocycles. The van der Waals surface area contributed by atoms with E-state index < -0.39 is 21.5 Å². The van der Waals surface area contributed by atoms with E-state index in [1.807, 2.05) is 0 Å². The number of ether oxygens (including phenoxy) is 1. The molecule has 0 spiro atoms. The Morgan fingerprint density at radius 2 is 2.04 bits per heavy atom. The van der Waals surface area contributed by atoms with Crippen LogP contribution < -0.4 is 10.0 Å². The first-order valence-corrected chi connectivity index (χ1v) is 8.38. The van der Waals surface area contributed by atoms with Gasteiger partial charge in [-0.25, -0.2) is 8.42 Å². The second-order valence-corrected chi connectivity index (χ2v) is 7.14. The molecule has 0 aromatic heterocycles. The van der Waals surface area contributed by atoms with Crippen molar-refractivity contribution in [3.05, 3.63) is 23.8 Å². The van der Waals surface area contributed by atoms with E-state index >= 15 is 0 Å². The number of amides is 1. The van der Waals surface area contributed by atoms with Crippen molar-refractivity contribution >= 4 is 27.6 Å². The smallest absolute Gasteiger partial charge is 0.327 e. The molecular formula is C14H18N2O6S. The van der Waals surface area contributed by atoms with Gasteiger partial charge in [-0.1, -0.05) is 6.07 Å². The van der Waals surface area contributed by atoms with Gasteiger partial charge in [0.05, 0.1) is 11.5 Å². The number of rotatable bonds is 5. The Labute approximate surface area is 133 Å². The predicted octanol–water partition coefficient (Wildman–Crippen LogP) is 0.475. The molecule has 1 heterocycles. The van der Waals surface area contributed by atoms with Crippen molar-refractivity contribution in [2.24, 2.45) is 0 Å². The fourth-order valence-corrected chi connectivity index (χ4v) is 3.67. The lowest BCUT2D eigenvalue weighted by Gasteiger charge is -2.23. The number of nitrogens with one attached hydrogen (secondary N) is 2. The molecule has 1 fully saturated rings. The number of carbonyl (C=O) groups is 2. The summed E-state index contributed by atoms with van der Waals surface area (Å²) in [5, 5.41) is 11.9. The lowest BCUT2D eigenvalue weighted by Crippen LogP contribution is -2.54. The van der Waals surface area contributed by atoms with Crippen molar-refractivity contribution in [3.63, 3.8) is 0 Å². The van der Waals surface area contributed by atoms with Crippen molar-refractivity contribution < 1.29 is 27.9 Å². The van der Waals surface area contributed by atoms with Gasteiger partial charge in [-0.2, -0.15) is 4.72 Å². The van der Waals surface area contributed by atoms with E-state index in [-0.39, 0.29) is 30.4 Å². The Hall–Kier alpha value is -1.97. The van der Waals surface area contributed by atoms with Gasteiger partial charge in [0.25, 0.3) is 0 Å². The number of hydrogen-bond acceptors (Lipinski definition) is 5. The molecule has 0 aliphatic carbocycles. The quantitative estimate of drug-likeness (QED) is 0.715. The van der Waals surface area contributed by atoms with E-state index in [0.717, 1.165) is 0 Å². The van der Waals surface area contributed by atoms with Crippen LogP contribution in [0.2, 0.25) is 0 Å². The van der Waals surface area contributed by atoms with Gasteiger partial charge in [0.1, 0.15) is 0 Å². The first kappa shape index (κ1) is 17.4. The van der Waals surface area contributed by atoms with Gasteiger partial charge in [-0.15, -0.1) is 0 Å². The number of anilines is 1. The molecule has 1 aliphatic rings. The lowest BCUT2D eigenvalue weighted by molar-refractivity contribution is -0.144. The summed E-state index contributed by atoms with van der Waals surface area (Å²) in [5.41, 5.74) is -0.624. The van der Waals surface area contributed by atoms with Gasteiger partial charge in [-0.05, 0) is 24.6 Å². The van der Waals surface area contributed by atoms with Gasteiger partial charge in [0, 0.05) is 25.6 Å². The van der Waals surface area contributed by atoms with E-state index in [1.165, 1.54) is 19.1 Å². The third-order valence-corrected chi connectivity index (χ3v) is 5.12. The van der Waals surface area contributed by atoms with Crippen molar-refractivity contribution in [1.29, 1.82) is 0 Å². The molecule has 8 nitrogen and oxygen atoms in total. The van der Waals surface area contributed by atoms with E-state index in [4.69, 9.17) is 4.74 Å². The number of aliphatic carboxylic acids is 1. The molecule has 0 saturated carbocycles. The zero-order valence-corrected chi connectivity index (χ0v) is 13.6. The number of sulfonamides is 1. The Kier molecular flexibility index (Phi) is 4.73. The maximum atomic E-state index is 12.5. The largest absolute Gasteiger partial charge is 0.480 e. The Balaban J connectivity index is 2.36. The SMILES string of the molecule is CC(=O)Nc1cc(S(=O)(=O)NC2(C(=O)O)CCOC2)ccc1C. The maximum absolute atomic E-state index is 12.5. The van der Waals surface area contributed by atoms with Crippen LogP contribution in [0, 0.1) is 6.92 Å². The Morgan fingerprint density at radius 1 is 1.35 bits per heavy atom. The number of carboxylic acids is 1. The molecular weight excluding hydrogens is 324 g/mol. The van der Waals surface area contributed by atoms with Crippen LogP contribution in [0.5, 0.6) is 0 Å². The number of carboxylic acid groups (broad SMARTS) is 1. The molecule has 1 unspecified atom stereocenters. The van der Waals surface area contributed by atoms with Crippen LogP contribution in [0.4, 0.5) is 5.69 Å². The molecule has 126 valence electrons. The molecule has 9 heteroatoms. The average molecular weight is 342 g/mol. The van der Waals surface area contributed by atoms with Crippen LogP contribution in [0.3, 0.4) is 0 Å². The molecule has 1 amide bonds. The van der Waals surface area contributed by atoms with E-state index in [2.05, 4.69) is 10.0 Å². The summed E-state index contributed by atoms with van der Waals surface area (Å²) in [6.45, 7) is 2.97. The fraction of sp³-hybridized carbons (Fsp3) is 0.429. The van der Waals surface area contributed by atoms with Crippen LogP contribution in [-0.2, 0) is 24.3 Å². The van der Waals surface area contributed by atoms with Crippen molar-refractivity contribution in [1.82, 2.24) is 4.72 Å². The third kappa shape index (κ3) is 3.69. The summed E-state index contributed by atoms with van der Waals surface area (Å²) in [6.07, 6.45) is 0.0476. The standard InChI is InChI=1S/C14H18N2O6S/c1-9-3-4-11(7-12(9)15-10(2)17)23(20,21)16-14(13(18)19)5-6-22-8-14/h3-4,7,16H,5-6,8H2,1-2H3,(H,15,17)(H,18,19). The summed E-state index contributed by atoms with van der Waals surface area (Å²) in [7, 11) is -4.08. The van der Waals surface area contributed by atoms with Crippen molar-refractivity contribution in [3.8, 4) is 0 Å². The summed E-state index contributed by atoms with van der Waals surface area (Å²) in [6, 6.07) is 4.19. The zero-order valence-electron chi connectivity index (χ0n) is 12.8.